The van der Waals surface area contributed by atoms with Crippen LogP contribution in [0.25, 0.3) is 0 Å². The largest absolute Gasteiger partial charge is 0.394 e. The number of nitrogens with one attached hydrogen (secondary N) is 2. The molecule has 2 aromatic carbocycles. The van der Waals surface area contributed by atoms with Crippen LogP contribution < -0.4 is 10.6 Å². The van der Waals surface area contributed by atoms with E-state index in [1.807, 2.05) is 0 Å². The molecule has 7 heteroatoms. The Bertz CT molecular complexity index is 698. The first kappa shape index (κ1) is 17.3. The number of rotatable bonds is 6. The van der Waals surface area contributed by atoms with E-state index in [2.05, 4.69) is 10.6 Å². The molecule has 0 aromatic heterocycles. The van der Waals surface area contributed by atoms with Gasteiger partial charge in [-0.15, -0.1) is 0 Å². The van der Waals surface area contributed by atoms with Gasteiger partial charge in [-0.2, -0.15) is 0 Å². The summed E-state index contributed by atoms with van der Waals surface area (Å²) in [5.41, 5.74) is 0.519. The Kier molecular flexibility index (Phi) is 6.04. The average Bonchev–Trinajstić information content (AvgIpc) is 2.53. The molecule has 0 aliphatic carbocycles. The highest BCUT2D eigenvalue weighted by Crippen LogP contribution is 2.20. The van der Waals surface area contributed by atoms with Gasteiger partial charge in [0.05, 0.1) is 29.9 Å². The van der Waals surface area contributed by atoms with Crippen molar-refractivity contribution in [2.45, 2.75) is 6.04 Å². The fourth-order valence-electron chi connectivity index (χ4n) is 1.99. The van der Waals surface area contributed by atoms with Crippen LogP contribution in [0.15, 0.2) is 42.5 Å². The number of aliphatic hydroxyl groups is 1. The van der Waals surface area contributed by atoms with Crippen LogP contribution >= 0.6 is 11.6 Å². The number of hydrogen-bond donors (Lipinski definition) is 3. The number of aliphatic hydroxyl groups excluding tert-OH is 1. The zero-order valence-corrected chi connectivity index (χ0v) is 12.8. The Labute approximate surface area is 137 Å². The maximum absolute atomic E-state index is 13.4. The molecule has 0 radical (unpaired) electrons. The monoisotopic (exact) mass is 340 g/mol. The van der Waals surface area contributed by atoms with Gasteiger partial charge < -0.3 is 10.4 Å². The number of hydrogen-bond acceptors (Lipinski definition) is 3. The lowest BCUT2D eigenvalue weighted by molar-refractivity contribution is -0.115. The molecule has 1 unspecified atom stereocenters. The van der Waals surface area contributed by atoms with Crippen LogP contribution in [0, 0.1) is 11.6 Å². The summed E-state index contributed by atoms with van der Waals surface area (Å²) >= 11 is 5.60. The minimum Gasteiger partial charge on any atom is -0.394 e. The maximum atomic E-state index is 13.4. The molecule has 23 heavy (non-hydrogen) atoms. The summed E-state index contributed by atoms with van der Waals surface area (Å²) in [6, 6.07) is 9.24. The minimum absolute atomic E-state index is 0.0252. The standard InChI is InChI=1S/C16H15ClF2N2O2/c17-11-6-5-10(7-13(11)19)15(9-22)20-8-16(23)21-14-4-2-1-3-12(14)18/h1-7,15,20,22H,8-9H2,(H,21,23). The van der Waals surface area contributed by atoms with Crippen LogP contribution in [0.2, 0.25) is 5.02 Å². The van der Waals surface area contributed by atoms with Crippen LogP contribution in [0.5, 0.6) is 0 Å². The van der Waals surface area contributed by atoms with E-state index in [1.165, 1.54) is 30.3 Å². The first-order chi connectivity index (χ1) is 11.0. The second-order valence-electron chi connectivity index (χ2n) is 4.82. The first-order valence-electron chi connectivity index (χ1n) is 6.85. The van der Waals surface area contributed by atoms with Crippen molar-refractivity contribution >= 4 is 23.2 Å². The number of carbonyl (C=O) groups is 1. The molecule has 0 heterocycles. The quantitative estimate of drug-likeness (QED) is 0.757. The van der Waals surface area contributed by atoms with Gasteiger partial charge in [-0.3, -0.25) is 10.1 Å². The van der Waals surface area contributed by atoms with E-state index in [1.54, 1.807) is 12.1 Å². The number of amides is 1. The van der Waals surface area contributed by atoms with Crippen molar-refractivity contribution in [2.24, 2.45) is 0 Å². The molecule has 1 atom stereocenters. The van der Waals surface area contributed by atoms with Crippen LogP contribution in [0.4, 0.5) is 14.5 Å². The molecule has 0 fully saturated rings. The second-order valence-corrected chi connectivity index (χ2v) is 5.22. The van der Waals surface area contributed by atoms with Crippen molar-refractivity contribution in [3.63, 3.8) is 0 Å². The first-order valence-corrected chi connectivity index (χ1v) is 7.22. The minimum atomic E-state index is -0.645. The molecule has 1 amide bonds. The van der Waals surface area contributed by atoms with Gasteiger partial charge in [0.15, 0.2) is 0 Å². The molecule has 0 aliphatic heterocycles. The maximum Gasteiger partial charge on any atom is 0.238 e. The van der Waals surface area contributed by atoms with Crippen LogP contribution in [-0.2, 0) is 4.79 Å². The van der Waals surface area contributed by atoms with Gasteiger partial charge in [-0.05, 0) is 29.8 Å². The molecule has 0 saturated carbocycles. The fourth-order valence-corrected chi connectivity index (χ4v) is 2.11. The Morgan fingerprint density at radius 3 is 2.57 bits per heavy atom. The summed E-state index contributed by atoms with van der Waals surface area (Å²) in [7, 11) is 0. The van der Waals surface area contributed by atoms with E-state index in [4.69, 9.17) is 11.6 Å². The zero-order chi connectivity index (χ0) is 16.8. The SMILES string of the molecule is O=C(CNC(CO)c1ccc(Cl)c(F)c1)Nc1ccccc1F. The number of anilines is 1. The summed E-state index contributed by atoms with van der Waals surface area (Å²) in [6.45, 7) is -0.516. The fraction of sp³-hybridized carbons (Fsp3) is 0.188. The van der Waals surface area contributed by atoms with Crippen LogP contribution in [-0.4, -0.2) is 24.2 Å². The van der Waals surface area contributed by atoms with E-state index >= 15 is 0 Å². The molecule has 122 valence electrons. The smallest absolute Gasteiger partial charge is 0.238 e. The molecule has 0 aliphatic rings. The summed E-state index contributed by atoms with van der Waals surface area (Å²) in [5, 5.41) is 14.5. The molecule has 0 bridgehead atoms. The predicted octanol–water partition coefficient (Wildman–Crippen LogP) is 2.88. The van der Waals surface area contributed by atoms with Gasteiger partial charge in [0.25, 0.3) is 0 Å². The summed E-state index contributed by atoms with van der Waals surface area (Å²) in [4.78, 5) is 11.8. The van der Waals surface area contributed by atoms with E-state index in [9.17, 15) is 18.7 Å². The zero-order valence-electron chi connectivity index (χ0n) is 12.0. The third-order valence-corrected chi connectivity index (χ3v) is 3.49. The average molecular weight is 341 g/mol. The number of benzene rings is 2. The van der Waals surface area contributed by atoms with Gasteiger partial charge in [0, 0.05) is 0 Å². The van der Waals surface area contributed by atoms with Gasteiger partial charge >= 0.3 is 0 Å². The lowest BCUT2D eigenvalue weighted by Gasteiger charge is -2.17. The Hall–Kier alpha value is -2.02. The third kappa shape index (κ3) is 4.72. The van der Waals surface area contributed by atoms with Crippen molar-refractivity contribution in [1.82, 2.24) is 5.32 Å². The third-order valence-electron chi connectivity index (χ3n) is 3.19. The molecular weight excluding hydrogens is 326 g/mol. The van der Waals surface area contributed by atoms with E-state index in [0.29, 0.717) is 5.56 Å². The molecule has 4 nitrogen and oxygen atoms in total. The van der Waals surface area contributed by atoms with E-state index in [0.717, 1.165) is 0 Å². The van der Waals surface area contributed by atoms with Gasteiger partial charge in [-0.1, -0.05) is 29.8 Å². The predicted molar refractivity (Wildman–Crippen MR) is 84.3 cm³/mol. The molecule has 2 aromatic rings. The van der Waals surface area contributed by atoms with Crippen LogP contribution in [0.3, 0.4) is 0 Å². The second kappa shape index (κ2) is 8.01. The normalized spacial score (nSPS) is 12.0. The van der Waals surface area contributed by atoms with Crippen molar-refractivity contribution in [1.29, 1.82) is 0 Å². The van der Waals surface area contributed by atoms with E-state index < -0.39 is 23.6 Å². The highest BCUT2D eigenvalue weighted by atomic mass is 35.5. The Morgan fingerprint density at radius 2 is 1.91 bits per heavy atom. The topological polar surface area (TPSA) is 61.4 Å². The summed E-state index contributed by atoms with van der Waals surface area (Å²) in [5.74, 6) is -1.64. The highest BCUT2D eigenvalue weighted by molar-refractivity contribution is 6.30. The highest BCUT2D eigenvalue weighted by Gasteiger charge is 2.14. The number of halogens is 3. The lowest BCUT2D eigenvalue weighted by Crippen LogP contribution is -2.33. The van der Waals surface area contributed by atoms with Crippen LogP contribution in [0.1, 0.15) is 11.6 Å². The molecule has 2 rings (SSSR count). The molecule has 0 saturated heterocycles. The van der Waals surface area contributed by atoms with Crippen molar-refractivity contribution in [2.75, 3.05) is 18.5 Å². The molecular formula is C16H15ClF2N2O2. The van der Waals surface area contributed by atoms with E-state index in [-0.39, 0.29) is 23.9 Å². The van der Waals surface area contributed by atoms with Gasteiger partial charge in [-0.25, -0.2) is 8.78 Å². The van der Waals surface area contributed by atoms with Crippen molar-refractivity contribution in [3.05, 3.63) is 64.7 Å². The molecule has 3 N–H and O–H groups in total. The lowest BCUT2D eigenvalue weighted by atomic mass is 10.1. The van der Waals surface area contributed by atoms with Crippen molar-refractivity contribution < 1.29 is 18.7 Å². The number of para-hydroxylation sites is 1. The number of carbonyl (C=O) groups excluding carboxylic acids is 1. The molecule has 0 spiro atoms. The summed E-state index contributed by atoms with van der Waals surface area (Å²) < 4.78 is 26.9. The Balaban J connectivity index is 1.96. The van der Waals surface area contributed by atoms with Crippen molar-refractivity contribution in [3.8, 4) is 0 Å². The van der Waals surface area contributed by atoms with Gasteiger partial charge in [0.1, 0.15) is 11.6 Å². The Morgan fingerprint density at radius 1 is 1.17 bits per heavy atom. The van der Waals surface area contributed by atoms with Gasteiger partial charge in [0.2, 0.25) is 5.91 Å². The summed E-state index contributed by atoms with van der Waals surface area (Å²) in [6.07, 6.45) is 0.